The Morgan fingerprint density at radius 2 is 1.85 bits per heavy atom. The van der Waals surface area contributed by atoms with Crippen molar-refractivity contribution in [3.05, 3.63) is 59.7 Å². The van der Waals surface area contributed by atoms with Crippen molar-refractivity contribution in [1.29, 1.82) is 5.26 Å². The van der Waals surface area contributed by atoms with Gasteiger partial charge in [0.05, 0.1) is 12.6 Å². The van der Waals surface area contributed by atoms with E-state index >= 15 is 4.39 Å². The third-order valence-electron chi connectivity index (χ3n) is 7.59. The molecule has 0 bridgehead atoms. The minimum Gasteiger partial charge on any atom is -0.391 e. The molecule has 4 rings (SSSR count). The number of aromatic nitrogens is 1. The van der Waals surface area contributed by atoms with Crippen LogP contribution in [0.2, 0.25) is 0 Å². The van der Waals surface area contributed by atoms with Crippen LogP contribution in [0.15, 0.2) is 42.6 Å². The first kappa shape index (κ1) is 29.3. The van der Waals surface area contributed by atoms with Crippen LogP contribution < -0.4 is 10.2 Å². The molecule has 2 amide bonds. The minimum atomic E-state index is -2.81. The van der Waals surface area contributed by atoms with Crippen molar-refractivity contribution in [2.75, 3.05) is 11.4 Å². The van der Waals surface area contributed by atoms with Crippen LogP contribution in [-0.2, 0) is 15.0 Å². The second-order valence-electron chi connectivity index (χ2n) is 11.6. The van der Waals surface area contributed by atoms with Crippen molar-refractivity contribution in [2.24, 2.45) is 0 Å². The highest BCUT2D eigenvalue weighted by atomic mass is 19.3. The first-order valence-electron chi connectivity index (χ1n) is 13.4. The fraction of sp³-hybridized carbons (Fsp3) is 0.517. The lowest BCUT2D eigenvalue weighted by molar-refractivity contribution is -0.129. The average Bonchev–Trinajstić information content (AvgIpc) is 3.29. The first-order valence-corrected chi connectivity index (χ1v) is 13.4. The van der Waals surface area contributed by atoms with Gasteiger partial charge in [-0.25, -0.2) is 13.8 Å². The first-order chi connectivity index (χ1) is 18.8. The number of hydrogen-bond donors (Lipinski definition) is 2. The summed E-state index contributed by atoms with van der Waals surface area (Å²) in [6, 6.07) is 6.46. The Morgan fingerprint density at radius 1 is 1.20 bits per heavy atom. The Labute approximate surface area is 231 Å². The topological polar surface area (TPSA) is 110 Å². The average molecular weight is 558 g/mol. The zero-order chi connectivity index (χ0) is 29.2. The molecule has 11 heteroatoms. The van der Waals surface area contributed by atoms with Crippen LogP contribution >= 0.6 is 0 Å². The Balaban J connectivity index is 1.79. The number of aliphatic hydroxyl groups excluding tert-OH is 1. The molecule has 2 heterocycles. The number of nitriles is 1. The van der Waals surface area contributed by atoms with E-state index in [-0.39, 0.29) is 42.5 Å². The van der Waals surface area contributed by atoms with Gasteiger partial charge in [-0.15, -0.1) is 0 Å². The number of β-amino-alcohol motifs (C(OH)–C–C–N with tert-alkyl or cyclic N) is 1. The molecule has 2 aliphatic rings. The van der Waals surface area contributed by atoms with Gasteiger partial charge in [-0.1, -0.05) is 39.0 Å². The van der Waals surface area contributed by atoms with Crippen molar-refractivity contribution < 1.29 is 27.9 Å². The van der Waals surface area contributed by atoms with Gasteiger partial charge in [-0.2, -0.15) is 9.65 Å². The Kier molecular flexibility index (Phi) is 8.40. The fourth-order valence-electron chi connectivity index (χ4n) is 5.31. The summed E-state index contributed by atoms with van der Waals surface area (Å²) in [6.45, 7) is 6.00. The summed E-state index contributed by atoms with van der Waals surface area (Å²) < 4.78 is 42.7. The van der Waals surface area contributed by atoms with E-state index < -0.39 is 60.8 Å². The monoisotopic (exact) mass is 557 g/mol. The van der Waals surface area contributed by atoms with Crippen molar-refractivity contribution in [3.63, 3.8) is 0 Å². The van der Waals surface area contributed by atoms with Crippen LogP contribution in [0.25, 0.3) is 0 Å². The number of rotatable bonds is 6. The van der Waals surface area contributed by atoms with E-state index in [9.17, 15) is 28.7 Å². The van der Waals surface area contributed by atoms with E-state index in [0.717, 1.165) is 15.4 Å². The predicted octanol–water partition coefficient (Wildman–Crippen LogP) is 4.20. The molecular weight excluding hydrogens is 523 g/mol. The smallest absolute Gasteiger partial charge is 0.251 e. The van der Waals surface area contributed by atoms with Gasteiger partial charge in [0.2, 0.25) is 17.8 Å². The summed E-state index contributed by atoms with van der Waals surface area (Å²) in [5.41, 5.74) is 0.832. The number of aliphatic hydroxyl groups is 1. The van der Waals surface area contributed by atoms with Crippen LogP contribution in [0, 0.1) is 17.4 Å². The quantitative estimate of drug-likeness (QED) is 0.407. The highest BCUT2D eigenvalue weighted by Gasteiger charge is 2.44. The van der Waals surface area contributed by atoms with E-state index in [2.05, 4.69) is 10.3 Å². The van der Waals surface area contributed by atoms with E-state index in [1.807, 2.05) is 27.0 Å². The van der Waals surface area contributed by atoms with Crippen LogP contribution in [0.1, 0.15) is 70.0 Å². The van der Waals surface area contributed by atoms with Crippen molar-refractivity contribution >= 4 is 17.5 Å². The van der Waals surface area contributed by atoms with E-state index in [1.54, 1.807) is 24.3 Å². The van der Waals surface area contributed by atoms with E-state index in [0.29, 0.717) is 0 Å². The SMILES string of the molecule is CC(C)(C)c1ccc(N(C(=O)[C@H]2C[C@@H](O)CN2C#N)C(C(=O)NC2CCC(F)(F)CC2)c2cccnc2F)cc1. The second-order valence-corrected chi connectivity index (χ2v) is 11.6. The van der Waals surface area contributed by atoms with E-state index in [1.165, 1.54) is 18.3 Å². The number of halogens is 3. The summed E-state index contributed by atoms with van der Waals surface area (Å²) in [4.78, 5) is 34.0. The van der Waals surface area contributed by atoms with Gasteiger partial charge in [0, 0.05) is 42.8 Å². The van der Waals surface area contributed by atoms with Crippen molar-refractivity contribution in [3.8, 4) is 6.19 Å². The number of alkyl halides is 2. The lowest BCUT2D eigenvalue weighted by Gasteiger charge is -2.36. The number of likely N-dealkylation sites (tertiary alicyclic amines) is 1. The standard InChI is InChI=1S/C29H34F3N5O3/c1-28(2,3)18-6-8-20(9-7-18)37(27(40)23-15-21(38)16-36(23)17-33)24(22-5-4-14-34-25(22)30)26(39)35-19-10-12-29(31,32)13-11-19/h4-9,14,19,21,23-24,38H,10-13,15-16H2,1-3H3,(H,35,39)/t21-,23-,24?/m1/s1. The van der Waals surface area contributed by atoms with Crippen LogP contribution in [0.3, 0.4) is 0 Å². The minimum absolute atomic E-state index is 0.0340. The zero-order valence-corrected chi connectivity index (χ0v) is 22.8. The summed E-state index contributed by atoms with van der Waals surface area (Å²) in [6.07, 6.45) is 1.43. The summed E-state index contributed by atoms with van der Waals surface area (Å²) in [5, 5.41) is 22.6. The number of carbonyl (C=O) groups excluding carboxylic acids is 2. The molecule has 1 aromatic heterocycles. The van der Waals surface area contributed by atoms with Crippen LogP contribution in [-0.4, -0.2) is 57.5 Å². The molecule has 1 aliphatic carbocycles. The largest absolute Gasteiger partial charge is 0.391 e. The molecule has 1 saturated carbocycles. The van der Waals surface area contributed by atoms with Crippen molar-refractivity contribution in [1.82, 2.24) is 15.2 Å². The molecule has 1 saturated heterocycles. The van der Waals surface area contributed by atoms with Gasteiger partial charge < -0.3 is 10.4 Å². The van der Waals surface area contributed by atoms with Gasteiger partial charge in [0.25, 0.3) is 5.91 Å². The molecule has 1 aromatic carbocycles. The molecule has 1 unspecified atom stereocenters. The zero-order valence-electron chi connectivity index (χ0n) is 22.8. The third-order valence-corrected chi connectivity index (χ3v) is 7.59. The highest BCUT2D eigenvalue weighted by Crippen LogP contribution is 2.36. The van der Waals surface area contributed by atoms with Crippen LogP contribution in [0.4, 0.5) is 18.9 Å². The third kappa shape index (κ3) is 6.39. The summed E-state index contributed by atoms with van der Waals surface area (Å²) in [5.74, 6) is -5.21. The lowest BCUT2D eigenvalue weighted by Crippen LogP contribution is -2.52. The van der Waals surface area contributed by atoms with Gasteiger partial charge in [-0.05, 0) is 42.0 Å². The molecule has 0 radical (unpaired) electrons. The molecule has 0 spiro atoms. The maximum Gasteiger partial charge on any atom is 0.251 e. The maximum atomic E-state index is 15.2. The number of nitrogens with zero attached hydrogens (tertiary/aromatic N) is 4. The van der Waals surface area contributed by atoms with Gasteiger partial charge >= 0.3 is 0 Å². The summed E-state index contributed by atoms with van der Waals surface area (Å²) in [7, 11) is 0. The van der Waals surface area contributed by atoms with Gasteiger partial charge in [-0.3, -0.25) is 19.4 Å². The van der Waals surface area contributed by atoms with Gasteiger partial charge in [0.15, 0.2) is 6.19 Å². The molecule has 3 atom stereocenters. The Morgan fingerprint density at radius 3 is 2.42 bits per heavy atom. The number of anilines is 1. The number of carbonyl (C=O) groups is 2. The molecule has 8 nitrogen and oxygen atoms in total. The Bertz CT molecular complexity index is 1260. The molecule has 2 fully saturated rings. The number of pyridine rings is 1. The van der Waals surface area contributed by atoms with Crippen LogP contribution in [0.5, 0.6) is 0 Å². The fourth-order valence-corrected chi connectivity index (χ4v) is 5.31. The normalized spacial score (nSPS) is 21.9. The number of hydrogen-bond acceptors (Lipinski definition) is 6. The highest BCUT2D eigenvalue weighted by molar-refractivity contribution is 6.04. The molecule has 1 aliphatic heterocycles. The van der Waals surface area contributed by atoms with Gasteiger partial charge in [0.1, 0.15) is 12.1 Å². The van der Waals surface area contributed by atoms with Crippen molar-refractivity contribution in [2.45, 2.75) is 88.4 Å². The predicted molar refractivity (Wildman–Crippen MR) is 142 cm³/mol. The number of nitrogens with one attached hydrogen (secondary N) is 1. The molecule has 214 valence electrons. The van der Waals surface area contributed by atoms with E-state index in [4.69, 9.17) is 0 Å². The molecule has 40 heavy (non-hydrogen) atoms. The number of benzene rings is 1. The molecular formula is C29H34F3N5O3. The Hall–Kier alpha value is -3.65. The second kappa shape index (κ2) is 11.5. The molecule has 2 N–H and O–H groups in total. The lowest BCUT2D eigenvalue weighted by atomic mass is 9.87. The summed E-state index contributed by atoms with van der Waals surface area (Å²) >= 11 is 0. The maximum absolute atomic E-state index is 15.2. The number of amides is 2. The molecule has 2 aromatic rings.